The highest BCUT2D eigenvalue weighted by Crippen LogP contribution is 2.36. The Kier molecular flexibility index (Phi) is 3.68. The van der Waals surface area contributed by atoms with Gasteiger partial charge >= 0.3 is 5.97 Å². The van der Waals surface area contributed by atoms with E-state index in [1.165, 1.54) is 0 Å². The highest BCUT2D eigenvalue weighted by Gasteiger charge is 2.42. The van der Waals surface area contributed by atoms with Crippen LogP contribution < -0.4 is 5.73 Å². The second kappa shape index (κ2) is 4.36. The van der Waals surface area contributed by atoms with Gasteiger partial charge in [-0.3, -0.25) is 4.79 Å². The molecule has 1 aliphatic rings. The molecule has 0 aromatic rings. The number of carbonyl (C=O) groups excluding carboxylic acids is 1. The number of rotatable bonds is 1. The van der Waals surface area contributed by atoms with Crippen molar-refractivity contribution in [2.45, 2.75) is 65.0 Å². The third kappa shape index (κ3) is 3.21. The summed E-state index contributed by atoms with van der Waals surface area (Å²) < 4.78 is 5.40. The smallest absolute Gasteiger partial charge is 0.326 e. The molecule has 3 atom stereocenters. The van der Waals surface area contributed by atoms with Crippen molar-refractivity contribution in [2.75, 3.05) is 0 Å². The first-order chi connectivity index (χ1) is 7.14. The van der Waals surface area contributed by atoms with Crippen LogP contribution in [0.2, 0.25) is 0 Å². The maximum absolute atomic E-state index is 12.0. The molecule has 16 heavy (non-hydrogen) atoms. The predicted octanol–water partition coefficient (Wildman–Crippen LogP) is 2.48. The Bertz CT molecular complexity index is 270. The zero-order valence-electron chi connectivity index (χ0n) is 11.2. The normalized spacial score (nSPS) is 35.9. The first-order valence-corrected chi connectivity index (χ1v) is 6.16. The molecule has 0 bridgehead atoms. The van der Waals surface area contributed by atoms with Gasteiger partial charge < -0.3 is 10.5 Å². The van der Waals surface area contributed by atoms with E-state index in [2.05, 4.69) is 13.8 Å². The molecule has 0 amide bonds. The zero-order valence-corrected chi connectivity index (χ0v) is 11.2. The number of carbonyl (C=O) groups is 1. The topological polar surface area (TPSA) is 52.3 Å². The van der Waals surface area contributed by atoms with Crippen molar-refractivity contribution >= 4 is 5.97 Å². The molecule has 3 heteroatoms. The summed E-state index contributed by atoms with van der Waals surface area (Å²) in [5.41, 5.74) is 4.97. The minimum Gasteiger partial charge on any atom is -0.459 e. The van der Waals surface area contributed by atoms with Gasteiger partial charge in [0.05, 0.1) is 0 Å². The van der Waals surface area contributed by atoms with Gasteiger partial charge in [-0.25, -0.2) is 0 Å². The number of hydrogen-bond donors (Lipinski definition) is 1. The minimum atomic E-state index is -0.765. The first kappa shape index (κ1) is 13.5. The zero-order chi connectivity index (χ0) is 12.6. The molecule has 0 aromatic carbocycles. The molecule has 0 aliphatic heterocycles. The summed E-state index contributed by atoms with van der Waals surface area (Å²) in [6.07, 6.45) is 2.49. The van der Waals surface area contributed by atoms with Crippen molar-refractivity contribution < 1.29 is 9.53 Å². The average molecular weight is 227 g/mol. The largest absolute Gasteiger partial charge is 0.459 e. The van der Waals surface area contributed by atoms with E-state index in [1.54, 1.807) is 0 Å². The van der Waals surface area contributed by atoms with Gasteiger partial charge in [0, 0.05) is 0 Å². The molecule has 94 valence electrons. The quantitative estimate of drug-likeness (QED) is 0.700. The molecule has 2 N–H and O–H groups in total. The lowest BCUT2D eigenvalue weighted by atomic mass is 9.72. The molecular formula is C13H25NO2. The summed E-state index contributed by atoms with van der Waals surface area (Å²) in [6, 6.07) is 0. The lowest BCUT2D eigenvalue weighted by Crippen LogP contribution is -2.54. The lowest BCUT2D eigenvalue weighted by Gasteiger charge is -2.39. The van der Waals surface area contributed by atoms with Crippen LogP contribution in [0.5, 0.6) is 0 Å². The van der Waals surface area contributed by atoms with Crippen molar-refractivity contribution in [1.82, 2.24) is 0 Å². The minimum absolute atomic E-state index is 0.237. The second-order valence-corrected chi connectivity index (χ2v) is 6.36. The SMILES string of the molecule is C[C@@H]1CC[C@@](N)(C(=O)OC(C)(C)C)C[C@H]1C. The van der Waals surface area contributed by atoms with E-state index in [0.717, 1.165) is 19.3 Å². The summed E-state index contributed by atoms with van der Waals surface area (Å²) in [7, 11) is 0. The Hall–Kier alpha value is -0.570. The van der Waals surface area contributed by atoms with Crippen LogP contribution in [-0.4, -0.2) is 17.1 Å². The second-order valence-electron chi connectivity index (χ2n) is 6.36. The molecular weight excluding hydrogens is 202 g/mol. The Morgan fingerprint density at radius 1 is 1.31 bits per heavy atom. The van der Waals surface area contributed by atoms with Crippen LogP contribution in [0.15, 0.2) is 0 Å². The van der Waals surface area contributed by atoms with Crippen molar-refractivity contribution in [3.05, 3.63) is 0 Å². The molecule has 0 radical (unpaired) electrons. The fourth-order valence-corrected chi connectivity index (χ4v) is 2.21. The summed E-state index contributed by atoms with van der Waals surface area (Å²) >= 11 is 0. The van der Waals surface area contributed by atoms with E-state index < -0.39 is 11.1 Å². The Morgan fingerprint density at radius 2 is 1.88 bits per heavy atom. The fraction of sp³-hybridized carbons (Fsp3) is 0.923. The fourth-order valence-electron chi connectivity index (χ4n) is 2.21. The molecule has 0 spiro atoms. The maximum Gasteiger partial charge on any atom is 0.326 e. The van der Waals surface area contributed by atoms with Gasteiger partial charge in [0.2, 0.25) is 0 Å². The highest BCUT2D eigenvalue weighted by atomic mass is 16.6. The number of nitrogens with two attached hydrogens (primary N) is 1. The van der Waals surface area contributed by atoms with Gasteiger partial charge in [-0.15, -0.1) is 0 Å². The Labute approximate surface area is 98.7 Å². The summed E-state index contributed by atoms with van der Waals surface area (Å²) in [4.78, 5) is 12.0. The van der Waals surface area contributed by atoms with E-state index in [-0.39, 0.29) is 5.97 Å². The van der Waals surface area contributed by atoms with Crippen LogP contribution in [0.4, 0.5) is 0 Å². The van der Waals surface area contributed by atoms with E-state index in [1.807, 2.05) is 20.8 Å². The van der Waals surface area contributed by atoms with Crippen LogP contribution in [0, 0.1) is 11.8 Å². The summed E-state index contributed by atoms with van der Waals surface area (Å²) in [6.45, 7) is 10.0. The van der Waals surface area contributed by atoms with Gasteiger partial charge in [-0.2, -0.15) is 0 Å². The Balaban J connectivity index is 2.68. The molecule has 1 rings (SSSR count). The average Bonchev–Trinajstić information content (AvgIpc) is 2.09. The van der Waals surface area contributed by atoms with Gasteiger partial charge in [0.15, 0.2) is 0 Å². The van der Waals surface area contributed by atoms with Crippen LogP contribution in [0.3, 0.4) is 0 Å². The molecule has 0 heterocycles. The molecule has 0 unspecified atom stereocenters. The Morgan fingerprint density at radius 3 is 2.31 bits per heavy atom. The third-order valence-corrected chi connectivity index (χ3v) is 3.51. The first-order valence-electron chi connectivity index (χ1n) is 6.16. The van der Waals surface area contributed by atoms with Crippen LogP contribution in [-0.2, 0) is 9.53 Å². The lowest BCUT2D eigenvalue weighted by molar-refractivity contribution is -0.164. The highest BCUT2D eigenvalue weighted by molar-refractivity contribution is 5.81. The van der Waals surface area contributed by atoms with Crippen molar-refractivity contribution in [3.8, 4) is 0 Å². The molecule has 0 aromatic heterocycles. The van der Waals surface area contributed by atoms with Crippen molar-refractivity contribution in [1.29, 1.82) is 0 Å². The molecule has 1 saturated carbocycles. The van der Waals surface area contributed by atoms with E-state index in [4.69, 9.17) is 10.5 Å². The van der Waals surface area contributed by atoms with Gasteiger partial charge in [0.25, 0.3) is 0 Å². The predicted molar refractivity (Wildman–Crippen MR) is 64.9 cm³/mol. The van der Waals surface area contributed by atoms with Crippen LogP contribution in [0.25, 0.3) is 0 Å². The van der Waals surface area contributed by atoms with E-state index in [9.17, 15) is 4.79 Å². The number of esters is 1. The maximum atomic E-state index is 12.0. The molecule has 0 saturated heterocycles. The monoisotopic (exact) mass is 227 g/mol. The molecule has 3 nitrogen and oxygen atoms in total. The number of hydrogen-bond acceptors (Lipinski definition) is 3. The molecule has 1 aliphatic carbocycles. The number of ether oxygens (including phenoxy) is 1. The van der Waals surface area contributed by atoms with E-state index in [0.29, 0.717) is 11.8 Å². The van der Waals surface area contributed by atoms with Crippen molar-refractivity contribution in [2.24, 2.45) is 17.6 Å². The van der Waals surface area contributed by atoms with E-state index >= 15 is 0 Å². The van der Waals surface area contributed by atoms with Crippen molar-refractivity contribution in [3.63, 3.8) is 0 Å². The summed E-state index contributed by atoms with van der Waals surface area (Å²) in [5.74, 6) is 0.907. The third-order valence-electron chi connectivity index (χ3n) is 3.51. The van der Waals surface area contributed by atoms with Gasteiger partial charge in [0.1, 0.15) is 11.1 Å². The van der Waals surface area contributed by atoms with Crippen LogP contribution in [0.1, 0.15) is 53.9 Å². The van der Waals surface area contributed by atoms with Gasteiger partial charge in [-0.05, 0) is 51.9 Å². The van der Waals surface area contributed by atoms with Crippen LogP contribution >= 0.6 is 0 Å². The standard InChI is InChI=1S/C13H25NO2/c1-9-6-7-13(14,8-10(9)2)11(15)16-12(3,4)5/h9-10H,6-8,14H2,1-5H3/t9-,10-,13+/m1/s1. The summed E-state index contributed by atoms with van der Waals surface area (Å²) in [5, 5.41) is 0. The molecule has 1 fully saturated rings. The van der Waals surface area contributed by atoms with Gasteiger partial charge in [-0.1, -0.05) is 13.8 Å².